The zero-order valence-corrected chi connectivity index (χ0v) is 32.8. The van der Waals surface area contributed by atoms with E-state index in [-0.39, 0.29) is 46.2 Å². The first-order chi connectivity index (χ1) is 24.2. The number of piperazine rings is 1. The molecule has 0 saturated carbocycles. The number of phenols is 1. The van der Waals surface area contributed by atoms with Crippen molar-refractivity contribution >= 4 is 42.9 Å². The average Bonchev–Trinajstić information content (AvgIpc) is 3.05. The summed E-state index contributed by atoms with van der Waals surface area (Å²) in [7, 11) is -2.01. The van der Waals surface area contributed by atoms with Crippen molar-refractivity contribution in [1.29, 1.82) is 0 Å². The summed E-state index contributed by atoms with van der Waals surface area (Å²) in [6.45, 7) is 19.3. The van der Waals surface area contributed by atoms with Gasteiger partial charge in [-0.3, -0.25) is 4.98 Å². The number of carboxylic acid groups (broad SMARTS) is 1. The Morgan fingerprint density at radius 3 is 2.40 bits per heavy atom. The van der Waals surface area contributed by atoms with Crippen LogP contribution in [0.4, 0.5) is 19.4 Å². The standard InChI is InChI=1S/C37H47ClF2N6O5Si/c1-20(2)29-31(23(14-15-41-29)11-10-16-51-52(8,9)37(5,6)7)46-34-24(17-25(38)30(42-34)28-26(39)12-13-27(40)32(28)47)33(43-35(46)48)44-18-22(4)45(36(49)50)19-21(44)3/h12-15,17,20-22,47H,10-11,16,18-19H2,1-9H3,(H,49,50)/t21-,22+/m0/s1. The Morgan fingerprint density at radius 2 is 1.77 bits per heavy atom. The Balaban J connectivity index is 1.77. The normalized spacial score (nSPS) is 17.0. The Kier molecular flexibility index (Phi) is 11.0. The van der Waals surface area contributed by atoms with Crippen LogP contribution < -0.4 is 10.6 Å². The van der Waals surface area contributed by atoms with Gasteiger partial charge in [-0.2, -0.15) is 4.98 Å². The van der Waals surface area contributed by atoms with Gasteiger partial charge in [0, 0.05) is 38.0 Å². The molecule has 4 heterocycles. The molecule has 3 aromatic heterocycles. The number of phenolic OH excluding ortho intramolecular Hbond substituents is 1. The molecule has 1 fully saturated rings. The number of hydrogen-bond acceptors (Lipinski definition) is 8. The Bertz CT molecular complexity index is 2070. The van der Waals surface area contributed by atoms with E-state index >= 15 is 4.39 Å². The number of benzene rings is 1. The maximum Gasteiger partial charge on any atom is 0.407 e. The number of aryl methyl sites for hydroxylation is 1. The number of carbonyl (C=O) groups is 1. The van der Waals surface area contributed by atoms with Crippen LogP contribution in [0.1, 0.15) is 72.1 Å². The van der Waals surface area contributed by atoms with E-state index in [1.165, 1.54) is 15.5 Å². The van der Waals surface area contributed by atoms with Crippen LogP contribution >= 0.6 is 11.6 Å². The van der Waals surface area contributed by atoms with Crippen molar-refractivity contribution < 1.29 is 28.2 Å². The first kappa shape index (κ1) is 39.1. The number of halogens is 3. The first-order valence-corrected chi connectivity index (χ1v) is 20.7. The second kappa shape index (κ2) is 14.7. The average molecular weight is 757 g/mol. The summed E-state index contributed by atoms with van der Waals surface area (Å²) in [4.78, 5) is 43.6. The third-order valence-corrected chi connectivity index (χ3v) is 15.1. The molecule has 0 spiro atoms. The van der Waals surface area contributed by atoms with Gasteiger partial charge in [0.25, 0.3) is 0 Å². The van der Waals surface area contributed by atoms with E-state index in [2.05, 4.69) is 43.8 Å². The fraction of sp³-hybridized carbons (Fsp3) is 0.486. The maximum atomic E-state index is 15.3. The fourth-order valence-electron chi connectivity index (χ4n) is 6.36. The topological polar surface area (TPSA) is 134 Å². The SMILES string of the molecule is CC(C)c1nccc(CCCO[Si](C)(C)C(C)(C)C)c1-n1c(=O)nc(N2C[C@@H](C)N(C(=O)O)C[C@@H]2C)c2cc(Cl)c(-c3c(F)ccc(F)c3O)nc21. The van der Waals surface area contributed by atoms with Gasteiger partial charge in [-0.25, -0.2) is 27.9 Å². The molecular weight excluding hydrogens is 710 g/mol. The van der Waals surface area contributed by atoms with Gasteiger partial charge in [-0.1, -0.05) is 46.2 Å². The molecule has 1 amide bonds. The molecule has 0 bridgehead atoms. The van der Waals surface area contributed by atoms with Crippen molar-refractivity contribution in [3.05, 3.63) is 68.9 Å². The molecule has 0 aliphatic carbocycles. The summed E-state index contributed by atoms with van der Waals surface area (Å²) >= 11 is 6.77. The van der Waals surface area contributed by atoms with Crippen molar-refractivity contribution in [1.82, 2.24) is 24.4 Å². The van der Waals surface area contributed by atoms with Gasteiger partial charge in [0.05, 0.1) is 33.0 Å². The Morgan fingerprint density at radius 1 is 1.10 bits per heavy atom. The second-order valence-electron chi connectivity index (χ2n) is 15.4. The number of fused-ring (bicyclic) bond motifs is 1. The molecule has 1 saturated heterocycles. The predicted molar refractivity (Wildman–Crippen MR) is 202 cm³/mol. The van der Waals surface area contributed by atoms with E-state index < -0.39 is 55.1 Å². The first-order valence-electron chi connectivity index (χ1n) is 17.4. The highest BCUT2D eigenvalue weighted by molar-refractivity contribution is 6.74. The van der Waals surface area contributed by atoms with E-state index in [4.69, 9.17) is 21.0 Å². The highest BCUT2D eigenvalue weighted by Crippen LogP contribution is 2.41. The minimum absolute atomic E-state index is 0.0339. The summed E-state index contributed by atoms with van der Waals surface area (Å²) in [5, 5.41) is 20.7. The molecule has 1 aromatic carbocycles. The minimum atomic E-state index is -2.01. The lowest BCUT2D eigenvalue weighted by Crippen LogP contribution is -2.58. The van der Waals surface area contributed by atoms with Crippen LogP contribution in [-0.4, -0.2) is 80.8 Å². The van der Waals surface area contributed by atoms with Crippen LogP contribution in [0.5, 0.6) is 5.75 Å². The Hall–Kier alpha value is -4.14. The molecule has 1 aliphatic heterocycles. The molecule has 280 valence electrons. The lowest BCUT2D eigenvalue weighted by Gasteiger charge is -2.43. The monoisotopic (exact) mass is 756 g/mol. The minimum Gasteiger partial charge on any atom is -0.504 e. The molecule has 5 rings (SSSR count). The van der Waals surface area contributed by atoms with Crippen molar-refractivity contribution in [3.8, 4) is 22.7 Å². The zero-order valence-electron chi connectivity index (χ0n) is 31.1. The van der Waals surface area contributed by atoms with Gasteiger partial charge >= 0.3 is 11.8 Å². The van der Waals surface area contributed by atoms with Crippen molar-refractivity contribution in [2.75, 3.05) is 24.6 Å². The van der Waals surface area contributed by atoms with E-state index in [0.29, 0.717) is 36.2 Å². The summed E-state index contributed by atoms with van der Waals surface area (Å²) in [6.07, 6.45) is 1.81. The highest BCUT2D eigenvalue weighted by Gasteiger charge is 2.37. The molecule has 2 atom stereocenters. The molecule has 11 nitrogen and oxygen atoms in total. The van der Waals surface area contributed by atoms with Crippen LogP contribution in [0, 0.1) is 11.6 Å². The summed E-state index contributed by atoms with van der Waals surface area (Å²) in [5.74, 6) is -2.95. The third kappa shape index (κ3) is 7.37. The van der Waals surface area contributed by atoms with Gasteiger partial charge in [-0.05, 0) is 80.6 Å². The van der Waals surface area contributed by atoms with Crippen LogP contribution in [0.25, 0.3) is 28.0 Å². The number of aromatic nitrogens is 4. The zero-order chi connectivity index (χ0) is 38.4. The van der Waals surface area contributed by atoms with Crippen molar-refractivity contribution in [2.24, 2.45) is 0 Å². The number of pyridine rings is 2. The molecule has 0 radical (unpaired) electrons. The second-order valence-corrected chi connectivity index (χ2v) is 20.6. The van der Waals surface area contributed by atoms with Crippen LogP contribution in [-0.2, 0) is 10.8 Å². The fourth-order valence-corrected chi connectivity index (χ4v) is 7.69. The smallest absolute Gasteiger partial charge is 0.407 e. The van der Waals surface area contributed by atoms with E-state index in [1.807, 2.05) is 31.7 Å². The maximum absolute atomic E-state index is 15.3. The van der Waals surface area contributed by atoms with Gasteiger partial charge in [0.2, 0.25) is 0 Å². The molecule has 4 aromatic rings. The number of rotatable bonds is 9. The van der Waals surface area contributed by atoms with Gasteiger partial charge in [-0.15, -0.1) is 0 Å². The van der Waals surface area contributed by atoms with E-state index in [1.54, 1.807) is 13.1 Å². The van der Waals surface area contributed by atoms with Gasteiger partial charge < -0.3 is 24.4 Å². The van der Waals surface area contributed by atoms with E-state index in [0.717, 1.165) is 17.7 Å². The number of amides is 1. The summed E-state index contributed by atoms with van der Waals surface area (Å²) < 4.78 is 37.8. The number of hydrogen-bond donors (Lipinski definition) is 2. The molecule has 1 aliphatic rings. The summed E-state index contributed by atoms with van der Waals surface area (Å²) in [6, 6.07) is 4.13. The van der Waals surface area contributed by atoms with Crippen molar-refractivity contribution in [3.63, 3.8) is 0 Å². The number of aromatic hydroxyl groups is 1. The largest absolute Gasteiger partial charge is 0.504 e. The lowest BCUT2D eigenvalue weighted by molar-refractivity contribution is 0.114. The molecule has 0 unspecified atom stereocenters. The van der Waals surface area contributed by atoms with Gasteiger partial charge in [0.1, 0.15) is 11.6 Å². The lowest BCUT2D eigenvalue weighted by atomic mass is 10.0. The van der Waals surface area contributed by atoms with E-state index in [9.17, 15) is 24.2 Å². The quantitative estimate of drug-likeness (QED) is 0.128. The Labute approximate surface area is 308 Å². The molecule has 52 heavy (non-hydrogen) atoms. The number of anilines is 1. The molecule has 15 heteroatoms. The van der Waals surface area contributed by atoms with Crippen molar-refractivity contribution in [2.45, 2.75) is 97.4 Å². The summed E-state index contributed by atoms with van der Waals surface area (Å²) in [5.41, 5.74) is 0.334. The molecule has 2 N–H and O–H groups in total. The number of nitrogens with zero attached hydrogens (tertiary/aromatic N) is 6. The highest BCUT2D eigenvalue weighted by atomic mass is 35.5. The van der Waals surface area contributed by atoms with Gasteiger partial charge in [0.15, 0.2) is 25.5 Å². The third-order valence-electron chi connectivity index (χ3n) is 10.3. The van der Waals surface area contributed by atoms with Crippen LogP contribution in [0.2, 0.25) is 23.2 Å². The predicted octanol–water partition coefficient (Wildman–Crippen LogP) is 8.13. The van der Waals surface area contributed by atoms with Crippen LogP contribution in [0.3, 0.4) is 0 Å². The molecular formula is C37H47ClF2N6O5Si. The van der Waals surface area contributed by atoms with Crippen LogP contribution in [0.15, 0.2) is 35.3 Å².